The lowest BCUT2D eigenvalue weighted by atomic mass is 10.2. The van der Waals surface area contributed by atoms with E-state index in [1.807, 2.05) is 35.1 Å². The molecule has 1 atom stereocenters. The SMILES string of the molecule is CSCc1nc2ccccc2n1CC(=O)N1CSCC1C(=O)Nc1ccc(C#N)cc1. The number of hydrogen-bond donors (Lipinski definition) is 1. The van der Waals surface area contributed by atoms with Crippen LogP contribution in [0.15, 0.2) is 48.5 Å². The molecule has 1 aliphatic rings. The highest BCUT2D eigenvalue weighted by Gasteiger charge is 2.35. The van der Waals surface area contributed by atoms with Crippen LogP contribution in [0.2, 0.25) is 0 Å². The quantitative estimate of drug-likeness (QED) is 0.618. The molecule has 9 heteroatoms. The fourth-order valence-electron chi connectivity index (χ4n) is 3.53. The van der Waals surface area contributed by atoms with Gasteiger partial charge in [0.1, 0.15) is 18.4 Å². The molecule has 0 bridgehead atoms. The number of benzene rings is 2. The third-order valence-corrected chi connectivity index (χ3v) is 6.65. The Morgan fingerprint density at radius 3 is 2.77 bits per heavy atom. The molecule has 3 aromatic rings. The Kier molecular flexibility index (Phi) is 6.49. The van der Waals surface area contributed by atoms with Crippen LogP contribution in [-0.2, 0) is 21.9 Å². The van der Waals surface area contributed by atoms with E-state index in [0.717, 1.165) is 16.9 Å². The number of amides is 2. The molecule has 0 spiro atoms. The maximum atomic E-state index is 13.2. The number of hydrogen-bond acceptors (Lipinski definition) is 6. The number of rotatable bonds is 6. The van der Waals surface area contributed by atoms with Crippen LogP contribution in [0, 0.1) is 11.3 Å². The van der Waals surface area contributed by atoms with Gasteiger partial charge in [-0.3, -0.25) is 9.59 Å². The van der Waals surface area contributed by atoms with Gasteiger partial charge >= 0.3 is 0 Å². The van der Waals surface area contributed by atoms with Crippen molar-refractivity contribution in [3.63, 3.8) is 0 Å². The monoisotopic (exact) mass is 451 g/mol. The summed E-state index contributed by atoms with van der Waals surface area (Å²) in [7, 11) is 0. The Hall–Kier alpha value is -2.96. The van der Waals surface area contributed by atoms with E-state index < -0.39 is 6.04 Å². The topological polar surface area (TPSA) is 91.0 Å². The summed E-state index contributed by atoms with van der Waals surface area (Å²) in [6.07, 6.45) is 2.01. The van der Waals surface area contributed by atoms with Crippen molar-refractivity contribution in [2.45, 2.75) is 18.3 Å². The molecule has 2 aromatic carbocycles. The molecule has 2 amide bonds. The summed E-state index contributed by atoms with van der Waals surface area (Å²) in [5.74, 6) is 2.27. The second-order valence-electron chi connectivity index (χ2n) is 7.09. The summed E-state index contributed by atoms with van der Waals surface area (Å²) in [6, 6.07) is 16.0. The molecule has 1 aromatic heterocycles. The minimum absolute atomic E-state index is 0.101. The molecule has 1 unspecified atom stereocenters. The highest BCUT2D eigenvalue weighted by Crippen LogP contribution is 2.25. The number of nitrogens with one attached hydrogen (secondary N) is 1. The normalized spacial score (nSPS) is 15.7. The van der Waals surface area contributed by atoms with Crippen LogP contribution in [0.1, 0.15) is 11.4 Å². The third-order valence-electron chi connectivity index (χ3n) is 5.09. The van der Waals surface area contributed by atoms with E-state index in [2.05, 4.69) is 16.4 Å². The average Bonchev–Trinajstić information content (AvgIpc) is 3.40. The maximum absolute atomic E-state index is 13.2. The van der Waals surface area contributed by atoms with E-state index in [1.165, 1.54) is 0 Å². The first-order valence-corrected chi connectivity index (χ1v) is 12.3. The Labute approximate surface area is 188 Å². The van der Waals surface area contributed by atoms with Crippen molar-refractivity contribution in [2.24, 2.45) is 0 Å². The number of thioether (sulfide) groups is 2. The number of imidazole rings is 1. The van der Waals surface area contributed by atoms with Crippen LogP contribution in [-0.4, -0.2) is 50.2 Å². The fourth-order valence-corrected chi connectivity index (χ4v) is 5.19. The average molecular weight is 452 g/mol. The van der Waals surface area contributed by atoms with Gasteiger partial charge in [-0.2, -0.15) is 17.0 Å². The van der Waals surface area contributed by atoms with Crippen molar-refractivity contribution >= 4 is 52.1 Å². The van der Waals surface area contributed by atoms with Crippen molar-refractivity contribution in [1.29, 1.82) is 5.26 Å². The van der Waals surface area contributed by atoms with Gasteiger partial charge in [0, 0.05) is 11.4 Å². The standard InChI is InChI=1S/C22H21N5O2S2/c1-30-13-20-25-17-4-2-3-5-18(17)26(20)11-21(28)27-14-31-12-19(27)22(29)24-16-8-6-15(10-23)7-9-16/h2-9,19H,11-14H2,1H3,(H,24,29). The first kappa shape index (κ1) is 21.3. The Bertz CT molecular complexity index is 1150. The first-order valence-electron chi connectivity index (χ1n) is 9.72. The van der Waals surface area contributed by atoms with Crippen LogP contribution in [0.4, 0.5) is 5.69 Å². The van der Waals surface area contributed by atoms with Crippen molar-refractivity contribution in [3.8, 4) is 6.07 Å². The van der Waals surface area contributed by atoms with Gasteiger partial charge in [-0.05, 0) is 42.7 Å². The van der Waals surface area contributed by atoms with Crippen molar-refractivity contribution < 1.29 is 9.59 Å². The summed E-state index contributed by atoms with van der Waals surface area (Å²) >= 11 is 3.22. The number of carbonyl (C=O) groups is 2. The molecule has 2 heterocycles. The second kappa shape index (κ2) is 9.45. The summed E-state index contributed by atoms with van der Waals surface area (Å²) in [6.45, 7) is 0.150. The zero-order valence-corrected chi connectivity index (χ0v) is 18.6. The second-order valence-corrected chi connectivity index (χ2v) is 8.96. The van der Waals surface area contributed by atoms with Gasteiger partial charge < -0.3 is 14.8 Å². The molecule has 0 radical (unpaired) electrons. The van der Waals surface area contributed by atoms with Crippen LogP contribution in [0.25, 0.3) is 11.0 Å². The summed E-state index contributed by atoms with van der Waals surface area (Å²) < 4.78 is 1.95. The largest absolute Gasteiger partial charge is 0.324 e. The lowest BCUT2D eigenvalue weighted by Gasteiger charge is -2.24. The third kappa shape index (κ3) is 4.55. The number of carbonyl (C=O) groups excluding carboxylic acids is 2. The number of nitrogens with zero attached hydrogens (tertiary/aromatic N) is 4. The van der Waals surface area contributed by atoms with E-state index in [9.17, 15) is 9.59 Å². The number of fused-ring (bicyclic) bond motifs is 1. The summed E-state index contributed by atoms with van der Waals surface area (Å²) in [4.78, 5) is 32.4. The highest BCUT2D eigenvalue weighted by molar-refractivity contribution is 7.99. The van der Waals surface area contributed by atoms with Crippen molar-refractivity contribution in [1.82, 2.24) is 14.5 Å². The van der Waals surface area contributed by atoms with E-state index >= 15 is 0 Å². The summed E-state index contributed by atoms with van der Waals surface area (Å²) in [5, 5.41) is 11.8. The van der Waals surface area contributed by atoms with E-state index in [0.29, 0.717) is 28.6 Å². The molecule has 1 saturated heterocycles. The van der Waals surface area contributed by atoms with Gasteiger partial charge in [0.15, 0.2) is 0 Å². The zero-order valence-electron chi connectivity index (χ0n) is 16.9. The van der Waals surface area contributed by atoms with Gasteiger partial charge in [-0.1, -0.05) is 12.1 Å². The van der Waals surface area contributed by atoms with Gasteiger partial charge in [-0.15, -0.1) is 11.8 Å². The lowest BCUT2D eigenvalue weighted by Crippen LogP contribution is -2.45. The van der Waals surface area contributed by atoms with Crippen molar-refractivity contribution in [2.75, 3.05) is 23.2 Å². The maximum Gasteiger partial charge on any atom is 0.248 e. The number of nitriles is 1. The van der Waals surface area contributed by atoms with E-state index in [-0.39, 0.29) is 18.4 Å². The molecule has 1 fully saturated rings. The summed E-state index contributed by atoms with van der Waals surface area (Å²) in [5.41, 5.74) is 2.92. The molecule has 1 aliphatic heterocycles. The Balaban J connectivity index is 1.50. The predicted octanol–water partition coefficient (Wildman–Crippen LogP) is 3.31. The zero-order chi connectivity index (χ0) is 21.8. The van der Waals surface area contributed by atoms with Crippen LogP contribution in [0.5, 0.6) is 0 Å². The van der Waals surface area contributed by atoms with Crippen LogP contribution >= 0.6 is 23.5 Å². The van der Waals surface area contributed by atoms with Gasteiger partial charge in [0.25, 0.3) is 0 Å². The Morgan fingerprint density at radius 2 is 2.03 bits per heavy atom. The van der Waals surface area contributed by atoms with Gasteiger partial charge in [0.2, 0.25) is 11.8 Å². The number of aromatic nitrogens is 2. The smallest absolute Gasteiger partial charge is 0.248 e. The van der Waals surface area contributed by atoms with Gasteiger partial charge in [0.05, 0.1) is 34.3 Å². The molecule has 31 heavy (non-hydrogen) atoms. The molecular weight excluding hydrogens is 430 g/mol. The van der Waals surface area contributed by atoms with E-state index in [4.69, 9.17) is 5.26 Å². The van der Waals surface area contributed by atoms with Crippen LogP contribution < -0.4 is 5.32 Å². The molecule has 1 N–H and O–H groups in total. The minimum Gasteiger partial charge on any atom is -0.324 e. The predicted molar refractivity (Wildman–Crippen MR) is 125 cm³/mol. The molecule has 0 aliphatic carbocycles. The van der Waals surface area contributed by atoms with Crippen LogP contribution in [0.3, 0.4) is 0 Å². The molecule has 4 rings (SSSR count). The first-order chi connectivity index (χ1) is 15.1. The minimum atomic E-state index is -0.535. The number of anilines is 1. The van der Waals surface area contributed by atoms with Crippen molar-refractivity contribution in [3.05, 3.63) is 59.9 Å². The molecule has 7 nitrogen and oxygen atoms in total. The highest BCUT2D eigenvalue weighted by atomic mass is 32.2. The fraction of sp³-hybridized carbons (Fsp3) is 0.273. The van der Waals surface area contributed by atoms with Gasteiger partial charge in [-0.25, -0.2) is 4.98 Å². The lowest BCUT2D eigenvalue weighted by molar-refractivity contribution is -0.136. The number of para-hydroxylation sites is 2. The molecule has 0 saturated carbocycles. The van der Waals surface area contributed by atoms with E-state index in [1.54, 1.807) is 52.7 Å². The molecular formula is C22H21N5O2S2. The Morgan fingerprint density at radius 1 is 1.26 bits per heavy atom. The molecule has 158 valence electrons.